The highest BCUT2D eigenvalue weighted by Gasteiger charge is 2.33. The van der Waals surface area contributed by atoms with Gasteiger partial charge in [-0.05, 0) is 36.2 Å². The van der Waals surface area contributed by atoms with Gasteiger partial charge in [0.05, 0.1) is 12.0 Å². The van der Waals surface area contributed by atoms with Crippen LogP contribution in [0.25, 0.3) is 0 Å². The zero-order valence-electron chi connectivity index (χ0n) is 19.8. The molecule has 0 unspecified atom stereocenters. The number of thiophene rings is 1. The lowest BCUT2D eigenvalue weighted by Gasteiger charge is -2.28. The fourth-order valence-electron chi connectivity index (χ4n) is 3.84. The molecule has 0 saturated carbocycles. The van der Waals surface area contributed by atoms with E-state index in [2.05, 4.69) is 15.3 Å². The van der Waals surface area contributed by atoms with E-state index in [9.17, 15) is 9.90 Å². The number of benzene rings is 1. The summed E-state index contributed by atoms with van der Waals surface area (Å²) in [5.41, 5.74) is 1.18. The predicted octanol–water partition coefficient (Wildman–Crippen LogP) is 3.13. The summed E-state index contributed by atoms with van der Waals surface area (Å²) in [6.45, 7) is 1.97. The van der Waals surface area contributed by atoms with Gasteiger partial charge < -0.3 is 29.7 Å². The number of hydrogen-bond acceptors (Lipinski definition) is 9. The van der Waals surface area contributed by atoms with Crippen LogP contribution in [0.1, 0.15) is 27.2 Å². The van der Waals surface area contributed by atoms with Gasteiger partial charge in [0.25, 0.3) is 5.91 Å². The van der Waals surface area contributed by atoms with Gasteiger partial charge in [-0.3, -0.25) is 4.79 Å². The number of carbonyl (C=O) groups is 1. The number of anilines is 1. The van der Waals surface area contributed by atoms with Gasteiger partial charge in [-0.15, -0.1) is 11.3 Å². The molecule has 11 heteroatoms. The smallest absolute Gasteiger partial charge is 0.318 e. The standard InChI is InChI=1S/C24H28ClN5O4S/c1-26-9-8-24(32,20-5-4-12-35-20)34-17-7-6-16(19(25)13-17)15-30-11-10-29(2)21-18(22(30)31)14-27-23(28-21)33-3/h4-7,12-14,26,32H,8-11,15H2,1-3H3/t24-/m1/s1. The Balaban J connectivity index is 1.53. The third kappa shape index (κ3) is 5.51. The Morgan fingerprint density at radius 1 is 1.31 bits per heavy atom. The number of hydrogen-bond donors (Lipinski definition) is 2. The maximum Gasteiger partial charge on any atom is 0.318 e. The lowest BCUT2D eigenvalue weighted by atomic mass is 10.1. The molecule has 0 bridgehead atoms. The van der Waals surface area contributed by atoms with Gasteiger partial charge >= 0.3 is 6.01 Å². The first-order valence-electron chi connectivity index (χ1n) is 11.1. The van der Waals surface area contributed by atoms with E-state index in [0.717, 1.165) is 5.56 Å². The highest BCUT2D eigenvalue weighted by Crippen LogP contribution is 2.34. The van der Waals surface area contributed by atoms with Crippen molar-refractivity contribution in [2.24, 2.45) is 0 Å². The maximum absolute atomic E-state index is 13.3. The third-order valence-corrected chi connectivity index (χ3v) is 7.16. The van der Waals surface area contributed by atoms with Crippen LogP contribution in [0.15, 0.2) is 41.9 Å². The van der Waals surface area contributed by atoms with Gasteiger partial charge in [0.2, 0.25) is 5.79 Å². The Bertz CT molecular complexity index is 1180. The van der Waals surface area contributed by atoms with Gasteiger partial charge in [0.15, 0.2) is 0 Å². The minimum Gasteiger partial charge on any atom is -0.467 e. The van der Waals surface area contributed by atoms with Crippen molar-refractivity contribution in [3.05, 3.63) is 62.9 Å². The van der Waals surface area contributed by atoms with E-state index in [1.54, 1.807) is 17.0 Å². The summed E-state index contributed by atoms with van der Waals surface area (Å²) >= 11 is 8.03. The fraction of sp³-hybridized carbons (Fsp3) is 0.375. The van der Waals surface area contributed by atoms with Crippen LogP contribution in [-0.2, 0) is 12.3 Å². The predicted molar refractivity (Wildman–Crippen MR) is 135 cm³/mol. The van der Waals surface area contributed by atoms with Crippen LogP contribution in [0.5, 0.6) is 11.8 Å². The zero-order chi connectivity index (χ0) is 25.0. The molecular weight excluding hydrogens is 490 g/mol. The van der Waals surface area contributed by atoms with Crippen LogP contribution < -0.4 is 19.7 Å². The molecule has 3 aromatic rings. The number of rotatable bonds is 9. The summed E-state index contributed by atoms with van der Waals surface area (Å²) in [5, 5.41) is 16.6. The number of amides is 1. The Morgan fingerprint density at radius 3 is 2.83 bits per heavy atom. The van der Waals surface area contributed by atoms with Crippen LogP contribution >= 0.6 is 22.9 Å². The van der Waals surface area contributed by atoms with E-state index < -0.39 is 5.79 Å². The van der Waals surface area contributed by atoms with E-state index in [0.29, 0.717) is 59.6 Å². The minimum atomic E-state index is -1.47. The van der Waals surface area contributed by atoms with E-state index in [1.807, 2.05) is 42.6 Å². The Labute approximate surface area is 213 Å². The normalized spacial score (nSPS) is 15.4. The molecule has 0 spiro atoms. The molecule has 35 heavy (non-hydrogen) atoms. The Hall–Kier alpha value is -2.92. The fourth-order valence-corrected chi connectivity index (χ4v) is 4.86. The number of aromatic nitrogens is 2. The van der Waals surface area contributed by atoms with E-state index in [4.69, 9.17) is 21.1 Å². The van der Waals surface area contributed by atoms with E-state index >= 15 is 0 Å². The van der Waals surface area contributed by atoms with Crippen molar-refractivity contribution in [3.8, 4) is 11.8 Å². The summed E-state index contributed by atoms with van der Waals surface area (Å²) in [4.78, 5) is 26.0. The van der Waals surface area contributed by atoms with E-state index in [-0.39, 0.29) is 11.9 Å². The van der Waals surface area contributed by atoms with Crippen molar-refractivity contribution in [3.63, 3.8) is 0 Å². The number of halogens is 1. The number of carbonyl (C=O) groups excluding carboxylic acids is 1. The molecule has 186 valence electrons. The summed E-state index contributed by atoms with van der Waals surface area (Å²) in [6.07, 6.45) is 1.86. The van der Waals surface area contributed by atoms with Gasteiger partial charge in [-0.25, -0.2) is 4.98 Å². The third-order valence-electron chi connectivity index (χ3n) is 5.81. The molecule has 4 rings (SSSR count). The minimum absolute atomic E-state index is 0.178. The second-order valence-electron chi connectivity index (χ2n) is 8.21. The lowest BCUT2D eigenvalue weighted by Crippen LogP contribution is -2.35. The maximum atomic E-state index is 13.3. The van der Waals surface area contributed by atoms with Crippen molar-refractivity contribution >= 4 is 34.7 Å². The van der Waals surface area contributed by atoms with Crippen LogP contribution in [0, 0.1) is 0 Å². The highest BCUT2D eigenvalue weighted by molar-refractivity contribution is 7.10. The SMILES string of the molecule is CNCC[C@@](O)(Oc1ccc(CN2CCN(C)c3nc(OC)ncc3C2=O)c(Cl)c1)c1cccs1. The average molecular weight is 518 g/mol. The molecule has 1 aromatic carbocycles. The molecule has 0 saturated heterocycles. The van der Waals surface area contributed by atoms with Crippen LogP contribution in [0.2, 0.25) is 5.02 Å². The summed E-state index contributed by atoms with van der Waals surface area (Å²) in [7, 11) is 5.19. The molecule has 0 radical (unpaired) electrons. The number of nitrogens with zero attached hydrogens (tertiary/aromatic N) is 4. The molecule has 0 fully saturated rings. The van der Waals surface area contributed by atoms with Crippen LogP contribution in [0.3, 0.4) is 0 Å². The van der Waals surface area contributed by atoms with Crippen molar-refractivity contribution in [1.29, 1.82) is 0 Å². The lowest BCUT2D eigenvalue weighted by molar-refractivity contribution is -0.147. The summed E-state index contributed by atoms with van der Waals surface area (Å²) in [5.74, 6) is -0.673. The topological polar surface area (TPSA) is 100 Å². The van der Waals surface area contributed by atoms with Gasteiger partial charge in [0.1, 0.15) is 17.1 Å². The number of ether oxygens (including phenoxy) is 2. The summed E-state index contributed by atoms with van der Waals surface area (Å²) < 4.78 is 11.1. The van der Waals surface area contributed by atoms with Gasteiger partial charge in [-0.2, -0.15) is 4.98 Å². The van der Waals surface area contributed by atoms with Crippen molar-refractivity contribution in [2.75, 3.05) is 45.7 Å². The molecule has 3 heterocycles. The van der Waals surface area contributed by atoms with Crippen molar-refractivity contribution < 1.29 is 19.4 Å². The highest BCUT2D eigenvalue weighted by atomic mass is 35.5. The van der Waals surface area contributed by atoms with E-state index in [1.165, 1.54) is 24.6 Å². The van der Waals surface area contributed by atoms with Crippen molar-refractivity contribution in [1.82, 2.24) is 20.2 Å². The monoisotopic (exact) mass is 517 g/mol. The van der Waals surface area contributed by atoms with Crippen LogP contribution in [-0.4, -0.2) is 66.7 Å². The Morgan fingerprint density at radius 2 is 2.14 bits per heavy atom. The Kier molecular flexibility index (Phi) is 7.75. The molecular formula is C24H28ClN5O4S. The average Bonchev–Trinajstić information content (AvgIpc) is 3.38. The summed E-state index contributed by atoms with van der Waals surface area (Å²) in [6, 6.07) is 9.18. The molecule has 2 aromatic heterocycles. The first-order valence-corrected chi connectivity index (χ1v) is 12.4. The number of likely N-dealkylation sites (N-methyl/N-ethyl adjacent to an activating group) is 1. The number of nitrogens with one attached hydrogen (secondary N) is 1. The largest absolute Gasteiger partial charge is 0.467 e. The molecule has 1 amide bonds. The molecule has 2 N–H and O–H groups in total. The zero-order valence-corrected chi connectivity index (χ0v) is 21.4. The number of methoxy groups -OCH3 is 1. The first-order chi connectivity index (χ1) is 16.8. The molecule has 9 nitrogen and oxygen atoms in total. The molecule has 0 aliphatic carbocycles. The van der Waals surface area contributed by atoms with Gasteiger partial charge in [0, 0.05) is 50.9 Å². The molecule has 1 atom stereocenters. The first kappa shape index (κ1) is 25.2. The van der Waals surface area contributed by atoms with Gasteiger partial charge in [-0.1, -0.05) is 23.7 Å². The second kappa shape index (κ2) is 10.8. The second-order valence-corrected chi connectivity index (χ2v) is 9.57. The number of aliphatic hydroxyl groups is 1. The number of fused-ring (bicyclic) bond motifs is 1. The quantitative estimate of drug-likeness (QED) is 0.418. The van der Waals surface area contributed by atoms with Crippen LogP contribution in [0.4, 0.5) is 5.82 Å². The molecule has 1 aliphatic heterocycles. The molecule has 1 aliphatic rings. The van der Waals surface area contributed by atoms with Crippen molar-refractivity contribution in [2.45, 2.75) is 18.8 Å².